The number of hydrogen-bond donors (Lipinski definition) is 0. The van der Waals surface area contributed by atoms with Crippen molar-refractivity contribution in [1.29, 1.82) is 0 Å². The van der Waals surface area contributed by atoms with Crippen LogP contribution >= 0.6 is 0 Å². The molecule has 4 rings (SSSR count). The van der Waals surface area contributed by atoms with Crippen LogP contribution in [-0.4, -0.2) is 43.0 Å². The summed E-state index contributed by atoms with van der Waals surface area (Å²) in [7, 11) is 1.75. The molecule has 1 amide bonds. The first kappa shape index (κ1) is 15.6. The lowest BCUT2D eigenvalue weighted by Gasteiger charge is -2.33. The predicted octanol–water partition coefficient (Wildman–Crippen LogP) is 1.61. The maximum absolute atomic E-state index is 12.7. The molecule has 0 aromatic carbocycles. The highest BCUT2D eigenvalue weighted by atomic mass is 16.2. The van der Waals surface area contributed by atoms with Gasteiger partial charge in [-0.1, -0.05) is 0 Å². The Kier molecular flexibility index (Phi) is 3.83. The van der Waals surface area contributed by atoms with Gasteiger partial charge >= 0.3 is 5.69 Å². The summed E-state index contributed by atoms with van der Waals surface area (Å²) >= 11 is 0. The van der Waals surface area contributed by atoms with Gasteiger partial charge < -0.3 is 4.90 Å². The number of aryl methyl sites for hydroxylation is 1. The number of amides is 1. The van der Waals surface area contributed by atoms with Crippen LogP contribution in [0.3, 0.4) is 0 Å². The van der Waals surface area contributed by atoms with Crippen LogP contribution in [0.5, 0.6) is 0 Å². The lowest BCUT2D eigenvalue weighted by Crippen LogP contribution is -2.43. The van der Waals surface area contributed by atoms with Crippen LogP contribution in [0.4, 0.5) is 0 Å². The van der Waals surface area contributed by atoms with Gasteiger partial charge in [-0.15, -0.1) is 0 Å². The zero-order valence-electron chi connectivity index (χ0n) is 14.0. The lowest BCUT2D eigenvalue weighted by molar-refractivity contribution is 0.0678. The third kappa shape index (κ3) is 2.61. The number of nitrogens with zero attached hydrogens (tertiary/aromatic N) is 5. The van der Waals surface area contributed by atoms with E-state index in [2.05, 4.69) is 9.97 Å². The summed E-state index contributed by atoms with van der Waals surface area (Å²) in [5, 5.41) is 0. The Balaban J connectivity index is 1.68. The van der Waals surface area contributed by atoms with E-state index in [1.807, 2.05) is 12.1 Å². The zero-order chi connectivity index (χ0) is 17.4. The molecule has 3 aromatic heterocycles. The minimum Gasteiger partial charge on any atom is -0.337 e. The number of pyridine rings is 2. The van der Waals surface area contributed by atoms with E-state index in [4.69, 9.17) is 0 Å². The number of hydrogen-bond acceptors (Lipinski definition) is 4. The highest BCUT2D eigenvalue weighted by molar-refractivity contribution is 5.94. The zero-order valence-corrected chi connectivity index (χ0v) is 14.0. The van der Waals surface area contributed by atoms with Gasteiger partial charge in [0.2, 0.25) is 0 Å². The number of likely N-dealkylation sites (tertiary alicyclic amines) is 1. The fraction of sp³-hybridized carbons (Fsp3) is 0.333. The maximum Gasteiger partial charge on any atom is 0.330 e. The second-order valence-electron chi connectivity index (χ2n) is 6.35. The van der Waals surface area contributed by atoms with Crippen molar-refractivity contribution in [3.63, 3.8) is 0 Å². The summed E-state index contributed by atoms with van der Waals surface area (Å²) in [5.74, 6) is -0.0426. The van der Waals surface area contributed by atoms with Gasteiger partial charge in [0, 0.05) is 38.7 Å². The van der Waals surface area contributed by atoms with Gasteiger partial charge in [0.15, 0.2) is 5.65 Å². The number of piperidine rings is 1. The summed E-state index contributed by atoms with van der Waals surface area (Å²) in [6, 6.07) is 7.17. The molecule has 1 aliphatic heterocycles. The first-order valence-corrected chi connectivity index (χ1v) is 8.38. The molecule has 0 bridgehead atoms. The molecule has 1 atom stereocenters. The average molecular weight is 337 g/mol. The van der Waals surface area contributed by atoms with Crippen LogP contribution in [-0.2, 0) is 7.05 Å². The Hall–Kier alpha value is -2.96. The van der Waals surface area contributed by atoms with Crippen LogP contribution in [0.1, 0.15) is 29.2 Å². The molecular weight excluding hydrogens is 318 g/mol. The molecule has 1 aliphatic rings. The Labute approximate surface area is 144 Å². The van der Waals surface area contributed by atoms with Gasteiger partial charge in [0.05, 0.1) is 17.1 Å². The SMILES string of the molecule is Cn1c(=O)n(C2CCCN(C(=O)c3cccnc3)C2)c2ncccc21. The molecule has 1 unspecified atom stereocenters. The van der Waals surface area contributed by atoms with E-state index in [1.165, 1.54) is 0 Å². The Morgan fingerprint density at radius 2 is 2.08 bits per heavy atom. The van der Waals surface area contributed by atoms with Crippen molar-refractivity contribution < 1.29 is 4.79 Å². The molecule has 7 nitrogen and oxygen atoms in total. The molecule has 4 heterocycles. The van der Waals surface area contributed by atoms with Crippen LogP contribution in [0.2, 0.25) is 0 Å². The topological polar surface area (TPSA) is 73.0 Å². The van der Waals surface area contributed by atoms with Crippen LogP contribution in [0.15, 0.2) is 47.7 Å². The van der Waals surface area contributed by atoms with Crippen LogP contribution in [0, 0.1) is 0 Å². The molecule has 0 aliphatic carbocycles. The molecule has 7 heteroatoms. The third-order valence-electron chi connectivity index (χ3n) is 4.81. The van der Waals surface area contributed by atoms with Crippen molar-refractivity contribution in [2.45, 2.75) is 18.9 Å². The van der Waals surface area contributed by atoms with Gasteiger partial charge in [-0.2, -0.15) is 0 Å². The summed E-state index contributed by atoms with van der Waals surface area (Å²) in [5.41, 5.74) is 1.97. The molecule has 128 valence electrons. The number of carbonyl (C=O) groups excluding carboxylic acids is 1. The van der Waals surface area contributed by atoms with E-state index in [0.717, 1.165) is 18.4 Å². The lowest BCUT2D eigenvalue weighted by atomic mass is 10.0. The molecular formula is C18H19N5O2. The number of imidazole rings is 1. The van der Waals surface area contributed by atoms with Crippen molar-refractivity contribution in [3.8, 4) is 0 Å². The van der Waals surface area contributed by atoms with Crippen molar-refractivity contribution in [1.82, 2.24) is 24.0 Å². The van der Waals surface area contributed by atoms with Gasteiger partial charge in [-0.05, 0) is 37.1 Å². The van der Waals surface area contributed by atoms with E-state index in [9.17, 15) is 9.59 Å². The fourth-order valence-electron chi connectivity index (χ4n) is 3.54. The van der Waals surface area contributed by atoms with E-state index in [-0.39, 0.29) is 17.6 Å². The van der Waals surface area contributed by atoms with E-state index in [1.54, 1.807) is 51.8 Å². The largest absolute Gasteiger partial charge is 0.337 e. The minimum atomic E-state index is -0.0885. The van der Waals surface area contributed by atoms with Crippen molar-refractivity contribution in [3.05, 3.63) is 58.9 Å². The Morgan fingerprint density at radius 1 is 1.24 bits per heavy atom. The van der Waals surface area contributed by atoms with Gasteiger partial charge in [0.25, 0.3) is 5.91 Å². The molecule has 25 heavy (non-hydrogen) atoms. The molecule has 3 aromatic rings. The Bertz CT molecular complexity index is 976. The second-order valence-corrected chi connectivity index (χ2v) is 6.35. The predicted molar refractivity (Wildman–Crippen MR) is 93.4 cm³/mol. The van der Waals surface area contributed by atoms with Crippen LogP contribution in [0.25, 0.3) is 11.2 Å². The Morgan fingerprint density at radius 3 is 2.88 bits per heavy atom. The first-order chi connectivity index (χ1) is 12.2. The van der Waals surface area contributed by atoms with E-state index >= 15 is 0 Å². The van der Waals surface area contributed by atoms with Crippen molar-refractivity contribution >= 4 is 17.1 Å². The van der Waals surface area contributed by atoms with Gasteiger partial charge in [-0.25, -0.2) is 9.78 Å². The summed E-state index contributed by atoms with van der Waals surface area (Å²) in [6.45, 7) is 1.19. The first-order valence-electron chi connectivity index (χ1n) is 8.38. The second kappa shape index (κ2) is 6.16. The van der Waals surface area contributed by atoms with E-state index < -0.39 is 0 Å². The quantitative estimate of drug-likeness (QED) is 0.712. The van der Waals surface area contributed by atoms with Crippen LogP contribution < -0.4 is 5.69 Å². The highest BCUT2D eigenvalue weighted by Gasteiger charge is 2.28. The standard InChI is InChI=1S/C18H19N5O2/c1-21-15-7-3-9-20-16(15)23(18(21)25)14-6-4-10-22(12-14)17(24)13-5-2-8-19-11-13/h2-3,5,7-9,11,14H,4,6,10,12H2,1H3. The van der Waals surface area contributed by atoms with E-state index in [0.29, 0.717) is 24.3 Å². The smallest absolute Gasteiger partial charge is 0.330 e. The molecule has 0 saturated carbocycles. The maximum atomic E-state index is 12.7. The molecule has 0 spiro atoms. The molecule has 0 N–H and O–H groups in total. The monoisotopic (exact) mass is 337 g/mol. The number of fused-ring (bicyclic) bond motifs is 1. The highest BCUT2D eigenvalue weighted by Crippen LogP contribution is 2.24. The minimum absolute atomic E-state index is 0.0426. The van der Waals surface area contributed by atoms with Gasteiger partial charge in [0.1, 0.15) is 0 Å². The number of carbonyl (C=O) groups is 1. The average Bonchev–Trinajstić information content (AvgIpc) is 2.93. The molecule has 0 radical (unpaired) electrons. The third-order valence-corrected chi connectivity index (χ3v) is 4.81. The summed E-state index contributed by atoms with van der Waals surface area (Å²) in [4.78, 5) is 35.6. The number of rotatable bonds is 2. The molecule has 1 fully saturated rings. The van der Waals surface area contributed by atoms with Crippen molar-refractivity contribution in [2.75, 3.05) is 13.1 Å². The molecule has 1 saturated heterocycles. The van der Waals surface area contributed by atoms with Gasteiger partial charge in [-0.3, -0.25) is 18.9 Å². The number of aromatic nitrogens is 4. The normalized spacial score (nSPS) is 17.8. The summed E-state index contributed by atoms with van der Waals surface area (Å²) in [6.07, 6.45) is 6.63. The van der Waals surface area contributed by atoms with Crippen molar-refractivity contribution in [2.24, 2.45) is 7.05 Å². The fourth-order valence-corrected chi connectivity index (χ4v) is 3.54. The summed E-state index contributed by atoms with van der Waals surface area (Å²) < 4.78 is 3.35.